The summed E-state index contributed by atoms with van der Waals surface area (Å²) >= 11 is 2.98. The molecule has 0 N–H and O–H groups in total. The highest BCUT2D eigenvalue weighted by atomic mass is 32.2. The van der Waals surface area contributed by atoms with Crippen LogP contribution in [-0.4, -0.2) is 36.8 Å². The van der Waals surface area contributed by atoms with Crippen molar-refractivity contribution in [1.29, 1.82) is 0 Å². The van der Waals surface area contributed by atoms with E-state index in [1.807, 2.05) is 29.0 Å². The molecule has 0 aliphatic carbocycles. The average Bonchev–Trinajstić information content (AvgIpc) is 3.16. The number of hydrogen-bond donors (Lipinski definition) is 0. The Bertz CT molecular complexity index is 705. The van der Waals surface area contributed by atoms with Crippen LogP contribution >= 0.6 is 22.7 Å². The molecule has 2 aromatic rings. The van der Waals surface area contributed by atoms with Crippen LogP contribution in [0.15, 0.2) is 35.0 Å². The second-order valence-electron chi connectivity index (χ2n) is 5.05. The Hall–Kier alpha value is -1.18. The molecule has 1 saturated heterocycles. The highest BCUT2D eigenvalue weighted by molar-refractivity contribution is 7.91. The van der Waals surface area contributed by atoms with Crippen LogP contribution in [0.3, 0.4) is 0 Å². The lowest BCUT2D eigenvalue weighted by Crippen LogP contribution is -2.40. The fourth-order valence-corrected chi connectivity index (χ4v) is 5.61. The summed E-state index contributed by atoms with van der Waals surface area (Å²) in [5.41, 5.74) is 0. The van der Waals surface area contributed by atoms with Crippen LogP contribution in [0.25, 0.3) is 0 Å². The minimum atomic E-state index is -3.01. The third kappa shape index (κ3) is 3.36. The number of hydrogen-bond acceptors (Lipinski definition) is 5. The highest BCUT2D eigenvalue weighted by Crippen LogP contribution is 2.24. The highest BCUT2D eigenvalue weighted by Gasteiger charge is 2.35. The van der Waals surface area contributed by atoms with Crippen LogP contribution in [0.1, 0.15) is 21.0 Å². The van der Waals surface area contributed by atoms with Gasteiger partial charge in [0.1, 0.15) is 0 Å². The van der Waals surface area contributed by atoms with Gasteiger partial charge in [-0.1, -0.05) is 12.1 Å². The molecule has 21 heavy (non-hydrogen) atoms. The van der Waals surface area contributed by atoms with Gasteiger partial charge in [-0.05, 0) is 29.3 Å². The summed E-state index contributed by atoms with van der Waals surface area (Å²) in [7, 11) is -3.01. The van der Waals surface area contributed by atoms with Crippen molar-refractivity contribution in [3.05, 3.63) is 44.8 Å². The van der Waals surface area contributed by atoms with E-state index in [0.29, 0.717) is 17.8 Å². The Morgan fingerprint density at radius 2 is 2.00 bits per heavy atom. The van der Waals surface area contributed by atoms with Crippen molar-refractivity contribution in [2.24, 2.45) is 0 Å². The van der Waals surface area contributed by atoms with Gasteiger partial charge in [-0.25, -0.2) is 8.42 Å². The summed E-state index contributed by atoms with van der Waals surface area (Å²) in [5, 5.41) is 3.83. The second-order valence-corrected chi connectivity index (χ2v) is 9.26. The minimum Gasteiger partial charge on any atom is -0.329 e. The molecule has 1 aliphatic rings. The van der Waals surface area contributed by atoms with E-state index in [9.17, 15) is 13.2 Å². The normalized spacial score (nSPS) is 20.5. The van der Waals surface area contributed by atoms with Crippen LogP contribution in [-0.2, 0) is 16.4 Å². The van der Waals surface area contributed by atoms with E-state index in [1.165, 1.54) is 11.3 Å². The van der Waals surface area contributed by atoms with Crippen molar-refractivity contribution < 1.29 is 13.2 Å². The number of rotatable bonds is 4. The van der Waals surface area contributed by atoms with Crippen LogP contribution in [0, 0.1) is 0 Å². The zero-order valence-electron chi connectivity index (χ0n) is 11.3. The van der Waals surface area contributed by atoms with Gasteiger partial charge in [-0.15, -0.1) is 22.7 Å². The van der Waals surface area contributed by atoms with E-state index in [1.54, 1.807) is 22.3 Å². The van der Waals surface area contributed by atoms with E-state index < -0.39 is 9.84 Å². The zero-order valence-corrected chi connectivity index (χ0v) is 13.7. The van der Waals surface area contributed by atoms with Crippen molar-refractivity contribution >= 4 is 38.4 Å². The molecule has 7 heteroatoms. The van der Waals surface area contributed by atoms with Crippen molar-refractivity contribution in [1.82, 2.24) is 4.90 Å². The fraction of sp³-hybridized carbons (Fsp3) is 0.357. The molecular weight excluding hydrogens is 326 g/mol. The molecule has 1 amide bonds. The Balaban J connectivity index is 1.86. The first-order valence-electron chi connectivity index (χ1n) is 6.62. The molecule has 0 aromatic carbocycles. The van der Waals surface area contributed by atoms with Crippen LogP contribution in [0.5, 0.6) is 0 Å². The van der Waals surface area contributed by atoms with Gasteiger partial charge in [0.05, 0.1) is 22.9 Å². The summed E-state index contributed by atoms with van der Waals surface area (Å²) in [6.07, 6.45) is 0.533. The van der Waals surface area contributed by atoms with Gasteiger partial charge in [0.25, 0.3) is 5.91 Å². The van der Waals surface area contributed by atoms with Gasteiger partial charge in [0.15, 0.2) is 9.84 Å². The standard InChI is InChI=1S/C14H15NO3S3/c16-14(13-4-2-7-20-13)15(9-12-3-1-6-19-12)11-5-8-21(17,18)10-11/h1-4,6-7,11H,5,8-10H2. The molecule has 3 heterocycles. The molecule has 1 fully saturated rings. The summed E-state index contributed by atoms with van der Waals surface area (Å²) in [4.78, 5) is 16.1. The number of nitrogens with zero attached hydrogens (tertiary/aromatic N) is 1. The lowest BCUT2D eigenvalue weighted by atomic mass is 10.2. The molecule has 1 atom stereocenters. The third-order valence-electron chi connectivity index (χ3n) is 3.55. The minimum absolute atomic E-state index is 0.0690. The summed E-state index contributed by atoms with van der Waals surface area (Å²) in [5.74, 6) is 0.187. The summed E-state index contributed by atoms with van der Waals surface area (Å²) in [6, 6.07) is 7.33. The molecule has 1 unspecified atom stereocenters. The number of carbonyl (C=O) groups excluding carboxylic acids is 1. The second kappa shape index (κ2) is 5.90. The average molecular weight is 341 g/mol. The number of carbonyl (C=O) groups is 1. The SMILES string of the molecule is O=C(c1cccs1)N(Cc1cccs1)C1CCS(=O)(=O)C1. The Labute approximate surface area is 131 Å². The Kier molecular flexibility index (Phi) is 4.14. The molecule has 3 rings (SSSR count). The predicted octanol–water partition coefficient (Wildman–Crippen LogP) is 2.64. The van der Waals surface area contributed by atoms with E-state index in [-0.39, 0.29) is 23.5 Å². The van der Waals surface area contributed by atoms with Crippen LogP contribution in [0.2, 0.25) is 0 Å². The molecule has 0 spiro atoms. The molecule has 112 valence electrons. The number of amides is 1. The molecule has 0 saturated carbocycles. The van der Waals surface area contributed by atoms with E-state index >= 15 is 0 Å². The van der Waals surface area contributed by atoms with Gasteiger partial charge in [-0.2, -0.15) is 0 Å². The number of thiophene rings is 2. The first kappa shape index (κ1) is 14.7. The molecule has 2 aromatic heterocycles. The molecule has 4 nitrogen and oxygen atoms in total. The Morgan fingerprint density at radius 1 is 1.24 bits per heavy atom. The first-order valence-corrected chi connectivity index (χ1v) is 10.2. The maximum absolute atomic E-state index is 12.7. The van der Waals surface area contributed by atoms with Crippen molar-refractivity contribution in [2.45, 2.75) is 19.0 Å². The summed E-state index contributed by atoms with van der Waals surface area (Å²) < 4.78 is 23.4. The maximum Gasteiger partial charge on any atom is 0.264 e. The molecule has 0 radical (unpaired) electrons. The third-order valence-corrected chi connectivity index (χ3v) is 7.02. The van der Waals surface area contributed by atoms with Gasteiger partial charge in [-0.3, -0.25) is 4.79 Å². The largest absolute Gasteiger partial charge is 0.329 e. The molecular formula is C14H15NO3S3. The predicted molar refractivity (Wildman–Crippen MR) is 85.6 cm³/mol. The van der Waals surface area contributed by atoms with Gasteiger partial charge in [0.2, 0.25) is 0 Å². The van der Waals surface area contributed by atoms with Crippen LogP contribution in [0.4, 0.5) is 0 Å². The van der Waals surface area contributed by atoms with E-state index in [2.05, 4.69) is 0 Å². The van der Waals surface area contributed by atoms with Gasteiger partial charge >= 0.3 is 0 Å². The van der Waals surface area contributed by atoms with Crippen molar-refractivity contribution in [3.8, 4) is 0 Å². The van der Waals surface area contributed by atoms with Crippen molar-refractivity contribution in [2.75, 3.05) is 11.5 Å². The number of sulfone groups is 1. The zero-order chi connectivity index (χ0) is 14.9. The first-order chi connectivity index (χ1) is 10.1. The van der Waals surface area contributed by atoms with Crippen LogP contribution < -0.4 is 0 Å². The maximum atomic E-state index is 12.7. The lowest BCUT2D eigenvalue weighted by molar-refractivity contribution is 0.0688. The van der Waals surface area contributed by atoms with Crippen molar-refractivity contribution in [3.63, 3.8) is 0 Å². The topological polar surface area (TPSA) is 54.5 Å². The van der Waals surface area contributed by atoms with E-state index in [0.717, 1.165) is 4.88 Å². The molecule has 0 bridgehead atoms. The Morgan fingerprint density at radius 3 is 2.57 bits per heavy atom. The van der Waals surface area contributed by atoms with E-state index in [4.69, 9.17) is 0 Å². The lowest BCUT2D eigenvalue weighted by Gasteiger charge is -2.27. The monoisotopic (exact) mass is 341 g/mol. The molecule has 1 aliphatic heterocycles. The van der Waals surface area contributed by atoms with Gasteiger partial charge in [0, 0.05) is 10.9 Å². The summed E-state index contributed by atoms with van der Waals surface area (Å²) in [6.45, 7) is 0.481. The fourth-order valence-electron chi connectivity index (χ4n) is 2.50. The quantitative estimate of drug-likeness (QED) is 0.859. The van der Waals surface area contributed by atoms with Gasteiger partial charge < -0.3 is 4.90 Å². The smallest absolute Gasteiger partial charge is 0.264 e.